The van der Waals surface area contributed by atoms with Crippen LogP contribution < -0.4 is 10.2 Å². The molecule has 1 N–H and O–H groups in total. The Kier molecular flexibility index (Phi) is 5.43. The number of morpholine rings is 1. The first kappa shape index (κ1) is 18.3. The molecule has 0 saturated carbocycles. The topological polar surface area (TPSA) is 63.2 Å². The lowest BCUT2D eigenvalue weighted by atomic mass is 9.99. The first-order chi connectivity index (χ1) is 13.7. The van der Waals surface area contributed by atoms with Gasteiger partial charge < -0.3 is 15.0 Å². The second kappa shape index (κ2) is 8.31. The van der Waals surface area contributed by atoms with Gasteiger partial charge in [-0.15, -0.1) is 0 Å². The molecule has 0 aliphatic carbocycles. The number of nitrogens with one attached hydrogen (secondary N) is 1. The summed E-state index contributed by atoms with van der Waals surface area (Å²) >= 11 is 0. The zero-order chi connectivity index (χ0) is 19.3. The molecule has 0 amide bonds. The normalized spacial score (nSPS) is 15.3. The molecule has 0 bridgehead atoms. The molecule has 0 radical (unpaired) electrons. The van der Waals surface area contributed by atoms with Gasteiger partial charge in [-0.05, 0) is 30.2 Å². The van der Waals surface area contributed by atoms with Crippen LogP contribution in [0, 0.1) is 12.7 Å². The van der Waals surface area contributed by atoms with Crippen molar-refractivity contribution in [3.8, 4) is 0 Å². The summed E-state index contributed by atoms with van der Waals surface area (Å²) in [6, 6.07) is 12.0. The van der Waals surface area contributed by atoms with Crippen molar-refractivity contribution in [2.24, 2.45) is 0 Å². The lowest BCUT2D eigenvalue weighted by molar-refractivity contribution is 0.122. The minimum absolute atomic E-state index is 0.174. The van der Waals surface area contributed by atoms with Crippen LogP contribution in [-0.4, -0.2) is 41.3 Å². The van der Waals surface area contributed by atoms with Crippen molar-refractivity contribution in [3.63, 3.8) is 0 Å². The highest BCUT2D eigenvalue weighted by Crippen LogP contribution is 2.27. The number of aryl methyl sites for hydroxylation is 1. The Labute approximate surface area is 163 Å². The summed E-state index contributed by atoms with van der Waals surface area (Å²) in [6.07, 6.45) is 4.73. The molecule has 144 valence electrons. The minimum atomic E-state index is -0.428. The van der Waals surface area contributed by atoms with Crippen molar-refractivity contribution in [1.82, 2.24) is 15.0 Å². The molecule has 6 nitrogen and oxygen atoms in total. The van der Waals surface area contributed by atoms with Crippen molar-refractivity contribution < 1.29 is 9.13 Å². The Hall–Kier alpha value is -3.06. The lowest BCUT2D eigenvalue weighted by Crippen LogP contribution is -2.37. The van der Waals surface area contributed by atoms with E-state index in [4.69, 9.17) is 4.74 Å². The smallest absolute Gasteiger partial charge is 0.225 e. The van der Waals surface area contributed by atoms with Gasteiger partial charge in [0.25, 0.3) is 0 Å². The molecule has 1 aliphatic rings. The molecule has 1 fully saturated rings. The molecule has 1 aromatic carbocycles. The summed E-state index contributed by atoms with van der Waals surface area (Å²) in [5.41, 5.74) is 3.28. The van der Waals surface area contributed by atoms with Gasteiger partial charge in [-0.1, -0.05) is 29.8 Å². The van der Waals surface area contributed by atoms with Crippen LogP contribution in [0.2, 0.25) is 0 Å². The SMILES string of the molecule is Cc1ccc(C(Nc2ncc(F)c(N3CCOCC3)n2)c2ccncc2)cc1. The third-order valence-electron chi connectivity index (χ3n) is 4.76. The molecule has 1 atom stereocenters. The van der Waals surface area contributed by atoms with Gasteiger partial charge in [0.1, 0.15) is 0 Å². The zero-order valence-electron chi connectivity index (χ0n) is 15.7. The van der Waals surface area contributed by atoms with Crippen LogP contribution in [0.15, 0.2) is 55.0 Å². The van der Waals surface area contributed by atoms with Crippen LogP contribution >= 0.6 is 0 Å². The number of ether oxygens (including phenoxy) is 1. The van der Waals surface area contributed by atoms with E-state index < -0.39 is 5.82 Å². The number of hydrogen-bond acceptors (Lipinski definition) is 6. The Balaban J connectivity index is 1.66. The maximum atomic E-state index is 14.3. The third kappa shape index (κ3) is 4.09. The number of anilines is 2. The van der Waals surface area contributed by atoms with Crippen LogP contribution in [0.1, 0.15) is 22.7 Å². The molecule has 7 heteroatoms. The van der Waals surface area contributed by atoms with Gasteiger partial charge in [-0.25, -0.2) is 9.37 Å². The zero-order valence-corrected chi connectivity index (χ0v) is 15.7. The highest BCUT2D eigenvalue weighted by Gasteiger charge is 2.20. The van der Waals surface area contributed by atoms with Crippen LogP contribution in [-0.2, 0) is 4.74 Å². The summed E-state index contributed by atoms with van der Waals surface area (Å²) in [5, 5.41) is 3.36. The predicted molar refractivity (Wildman–Crippen MR) is 106 cm³/mol. The van der Waals surface area contributed by atoms with E-state index in [0.717, 1.165) is 11.1 Å². The third-order valence-corrected chi connectivity index (χ3v) is 4.76. The predicted octanol–water partition coefficient (Wildman–Crippen LogP) is 3.36. The average Bonchev–Trinajstić information content (AvgIpc) is 2.75. The fourth-order valence-electron chi connectivity index (χ4n) is 3.23. The average molecular weight is 379 g/mol. The van der Waals surface area contributed by atoms with Crippen molar-refractivity contribution in [1.29, 1.82) is 0 Å². The van der Waals surface area contributed by atoms with E-state index in [1.165, 1.54) is 11.8 Å². The van der Waals surface area contributed by atoms with E-state index in [0.29, 0.717) is 38.1 Å². The second-order valence-electron chi connectivity index (χ2n) is 6.73. The Morgan fingerprint density at radius 1 is 1.04 bits per heavy atom. The highest BCUT2D eigenvalue weighted by molar-refractivity contribution is 5.47. The van der Waals surface area contributed by atoms with Crippen molar-refractivity contribution in [3.05, 3.63) is 77.5 Å². The van der Waals surface area contributed by atoms with E-state index in [1.54, 1.807) is 12.4 Å². The number of nitrogens with zero attached hydrogens (tertiary/aromatic N) is 4. The summed E-state index contributed by atoms with van der Waals surface area (Å²) in [5.74, 6) is 0.256. The molecule has 28 heavy (non-hydrogen) atoms. The van der Waals surface area contributed by atoms with Gasteiger partial charge in [-0.3, -0.25) is 4.98 Å². The van der Waals surface area contributed by atoms with Gasteiger partial charge in [0.15, 0.2) is 11.6 Å². The molecule has 4 rings (SSSR count). The van der Waals surface area contributed by atoms with E-state index >= 15 is 0 Å². The first-order valence-corrected chi connectivity index (χ1v) is 9.29. The first-order valence-electron chi connectivity index (χ1n) is 9.29. The Bertz CT molecular complexity index is 914. The molecule has 1 aliphatic heterocycles. The number of hydrogen-bond donors (Lipinski definition) is 1. The molecule has 3 heterocycles. The van der Waals surface area contributed by atoms with Crippen molar-refractivity contribution >= 4 is 11.8 Å². The van der Waals surface area contributed by atoms with Crippen LogP contribution in [0.4, 0.5) is 16.2 Å². The van der Waals surface area contributed by atoms with Crippen LogP contribution in [0.25, 0.3) is 0 Å². The van der Waals surface area contributed by atoms with Crippen molar-refractivity contribution in [2.45, 2.75) is 13.0 Å². The van der Waals surface area contributed by atoms with Crippen LogP contribution in [0.3, 0.4) is 0 Å². The van der Waals surface area contributed by atoms with Gasteiger partial charge in [0.2, 0.25) is 5.95 Å². The Morgan fingerprint density at radius 3 is 2.43 bits per heavy atom. The molecule has 1 unspecified atom stereocenters. The highest BCUT2D eigenvalue weighted by atomic mass is 19.1. The van der Waals surface area contributed by atoms with Gasteiger partial charge >= 0.3 is 0 Å². The molecular weight excluding hydrogens is 357 g/mol. The lowest BCUT2D eigenvalue weighted by Gasteiger charge is -2.28. The summed E-state index contributed by atoms with van der Waals surface area (Å²) in [4.78, 5) is 14.6. The standard InChI is InChI=1S/C21H22FN5O/c1-15-2-4-16(5-3-15)19(17-6-8-23-9-7-17)25-21-24-14-18(22)20(26-21)27-10-12-28-13-11-27/h2-9,14,19H,10-13H2,1H3,(H,24,25,26). The van der Waals surface area contributed by atoms with Crippen molar-refractivity contribution in [2.75, 3.05) is 36.5 Å². The number of halogens is 1. The summed E-state index contributed by atoms with van der Waals surface area (Å²) in [7, 11) is 0. The number of pyridine rings is 1. The maximum absolute atomic E-state index is 14.3. The maximum Gasteiger partial charge on any atom is 0.225 e. The fraction of sp³-hybridized carbons (Fsp3) is 0.286. The molecular formula is C21H22FN5O. The summed E-state index contributed by atoms with van der Waals surface area (Å²) < 4.78 is 19.7. The van der Waals surface area contributed by atoms with E-state index in [9.17, 15) is 4.39 Å². The summed E-state index contributed by atoms with van der Waals surface area (Å²) in [6.45, 7) is 4.40. The molecule has 3 aromatic rings. The fourth-order valence-corrected chi connectivity index (χ4v) is 3.23. The van der Waals surface area contributed by atoms with E-state index in [1.807, 2.05) is 17.0 Å². The quantitative estimate of drug-likeness (QED) is 0.733. The van der Waals surface area contributed by atoms with Gasteiger partial charge in [-0.2, -0.15) is 4.98 Å². The Morgan fingerprint density at radius 2 is 1.71 bits per heavy atom. The monoisotopic (exact) mass is 379 g/mol. The minimum Gasteiger partial charge on any atom is -0.378 e. The number of aromatic nitrogens is 3. The van der Waals surface area contributed by atoms with E-state index in [-0.39, 0.29) is 6.04 Å². The van der Waals surface area contributed by atoms with Crippen LogP contribution in [0.5, 0.6) is 0 Å². The van der Waals surface area contributed by atoms with Gasteiger partial charge in [0, 0.05) is 25.5 Å². The van der Waals surface area contributed by atoms with Gasteiger partial charge in [0.05, 0.1) is 25.5 Å². The van der Waals surface area contributed by atoms with E-state index in [2.05, 4.69) is 51.5 Å². The second-order valence-corrected chi connectivity index (χ2v) is 6.73. The number of benzene rings is 1. The molecule has 1 saturated heterocycles. The molecule has 0 spiro atoms. The largest absolute Gasteiger partial charge is 0.378 e. The molecule has 2 aromatic heterocycles. The number of rotatable bonds is 5.